The van der Waals surface area contributed by atoms with Crippen LogP contribution >= 0.6 is 11.3 Å². The standard InChI is InChI=1S/C11H13N3O2S/c15-11(16)9-3-1-2-8(13-9)7-6-12-14-4-5-17-10(7)14/h4-6,8-9,13H,1-3H2,(H,15,16). The summed E-state index contributed by atoms with van der Waals surface area (Å²) in [5.41, 5.74) is 1.12. The largest absolute Gasteiger partial charge is 0.480 e. The second kappa shape index (κ2) is 4.12. The van der Waals surface area contributed by atoms with E-state index in [-0.39, 0.29) is 6.04 Å². The van der Waals surface area contributed by atoms with Crippen LogP contribution < -0.4 is 5.32 Å². The zero-order valence-electron chi connectivity index (χ0n) is 9.17. The molecule has 90 valence electrons. The van der Waals surface area contributed by atoms with E-state index in [9.17, 15) is 4.79 Å². The molecule has 17 heavy (non-hydrogen) atoms. The molecule has 0 amide bonds. The minimum atomic E-state index is -0.760. The van der Waals surface area contributed by atoms with Crippen molar-refractivity contribution >= 4 is 22.1 Å². The lowest BCUT2D eigenvalue weighted by molar-refractivity contribution is -0.140. The molecule has 2 atom stereocenters. The fourth-order valence-corrected chi connectivity index (χ4v) is 3.21. The van der Waals surface area contributed by atoms with Crippen LogP contribution in [0.3, 0.4) is 0 Å². The van der Waals surface area contributed by atoms with Gasteiger partial charge in [0.05, 0.1) is 6.20 Å². The van der Waals surface area contributed by atoms with E-state index in [1.165, 1.54) is 0 Å². The molecule has 3 heterocycles. The minimum absolute atomic E-state index is 0.112. The molecule has 2 aromatic heterocycles. The van der Waals surface area contributed by atoms with Gasteiger partial charge < -0.3 is 5.11 Å². The van der Waals surface area contributed by atoms with Gasteiger partial charge in [-0.1, -0.05) is 0 Å². The number of hydrogen-bond donors (Lipinski definition) is 2. The maximum atomic E-state index is 11.0. The number of fused-ring (bicyclic) bond motifs is 1. The van der Waals surface area contributed by atoms with Crippen molar-refractivity contribution < 1.29 is 9.90 Å². The first-order valence-corrected chi connectivity index (χ1v) is 6.53. The van der Waals surface area contributed by atoms with Crippen molar-refractivity contribution in [3.8, 4) is 0 Å². The van der Waals surface area contributed by atoms with Gasteiger partial charge in [0, 0.05) is 23.2 Å². The Bertz CT molecular complexity index is 548. The third-order valence-corrected chi connectivity index (χ3v) is 4.12. The Labute approximate surface area is 102 Å². The third kappa shape index (κ3) is 1.83. The predicted octanol–water partition coefficient (Wildman–Crippen LogP) is 1.66. The van der Waals surface area contributed by atoms with E-state index >= 15 is 0 Å². The summed E-state index contributed by atoms with van der Waals surface area (Å²) < 4.78 is 1.84. The fraction of sp³-hybridized carbons (Fsp3) is 0.455. The number of piperidine rings is 1. The number of nitrogens with zero attached hydrogens (tertiary/aromatic N) is 2. The molecular formula is C11H13N3O2S. The van der Waals surface area contributed by atoms with Crippen molar-refractivity contribution in [3.63, 3.8) is 0 Å². The summed E-state index contributed by atoms with van der Waals surface area (Å²) in [5.74, 6) is -0.760. The Balaban J connectivity index is 1.89. The lowest BCUT2D eigenvalue weighted by Crippen LogP contribution is -2.42. The average Bonchev–Trinajstić information content (AvgIpc) is 2.90. The Kier molecular flexibility index (Phi) is 2.60. The average molecular weight is 251 g/mol. The van der Waals surface area contributed by atoms with Crippen molar-refractivity contribution in [2.24, 2.45) is 0 Å². The van der Waals surface area contributed by atoms with Crippen LogP contribution in [0.2, 0.25) is 0 Å². The second-order valence-corrected chi connectivity index (χ2v) is 5.19. The molecule has 0 spiro atoms. The number of aliphatic carboxylic acids is 1. The lowest BCUT2D eigenvalue weighted by atomic mass is 9.95. The summed E-state index contributed by atoms with van der Waals surface area (Å²) in [6.45, 7) is 0. The van der Waals surface area contributed by atoms with Gasteiger partial charge >= 0.3 is 5.97 Å². The second-order valence-electron chi connectivity index (χ2n) is 4.29. The summed E-state index contributed by atoms with van der Waals surface area (Å²) in [5, 5.41) is 18.5. The number of carboxylic acid groups (broad SMARTS) is 1. The maximum Gasteiger partial charge on any atom is 0.320 e. The number of thiazole rings is 1. The van der Waals surface area contributed by atoms with Crippen molar-refractivity contribution in [3.05, 3.63) is 23.3 Å². The van der Waals surface area contributed by atoms with Crippen LogP contribution in [0.25, 0.3) is 4.83 Å². The van der Waals surface area contributed by atoms with Crippen molar-refractivity contribution in [1.29, 1.82) is 0 Å². The Morgan fingerprint density at radius 2 is 2.47 bits per heavy atom. The zero-order valence-corrected chi connectivity index (χ0v) is 9.98. The maximum absolute atomic E-state index is 11.0. The molecule has 6 heteroatoms. The first kappa shape index (κ1) is 10.7. The van der Waals surface area contributed by atoms with Crippen molar-refractivity contribution in [2.75, 3.05) is 0 Å². The first-order chi connectivity index (χ1) is 8.25. The van der Waals surface area contributed by atoms with Gasteiger partial charge in [0.15, 0.2) is 0 Å². The van der Waals surface area contributed by atoms with Gasteiger partial charge in [0.1, 0.15) is 10.9 Å². The number of carbonyl (C=O) groups is 1. The van der Waals surface area contributed by atoms with Crippen LogP contribution in [0.5, 0.6) is 0 Å². The quantitative estimate of drug-likeness (QED) is 0.852. The normalized spacial score (nSPS) is 25.2. The molecule has 0 saturated carbocycles. The molecular weight excluding hydrogens is 238 g/mol. The smallest absolute Gasteiger partial charge is 0.320 e. The molecule has 1 aliphatic heterocycles. The summed E-state index contributed by atoms with van der Waals surface area (Å²) >= 11 is 1.64. The SMILES string of the molecule is O=C(O)C1CCCC(c2cnn3ccsc23)N1. The fourth-order valence-electron chi connectivity index (χ4n) is 2.36. The van der Waals surface area contributed by atoms with E-state index < -0.39 is 12.0 Å². The highest BCUT2D eigenvalue weighted by molar-refractivity contribution is 7.15. The van der Waals surface area contributed by atoms with Gasteiger partial charge in [-0.05, 0) is 19.3 Å². The molecule has 1 aliphatic rings. The van der Waals surface area contributed by atoms with E-state index in [0.29, 0.717) is 6.42 Å². The topological polar surface area (TPSA) is 66.6 Å². The van der Waals surface area contributed by atoms with E-state index in [2.05, 4.69) is 10.4 Å². The number of nitrogens with one attached hydrogen (secondary N) is 1. The predicted molar refractivity (Wildman–Crippen MR) is 64.2 cm³/mol. The van der Waals surface area contributed by atoms with Gasteiger partial charge in [-0.15, -0.1) is 11.3 Å². The van der Waals surface area contributed by atoms with Gasteiger partial charge in [-0.2, -0.15) is 5.10 Å². The highest BCUT2D eigenvalue weighted by Gasteiger charge is 2.28. The van der Waals surface area contributed by atoms with Crippen molar-refractivity contribution in [1.82, 2.24) is 14.9 Å². The van der Waals surface area contributed by atoms with Crippen LogP contribution in [0.1, 0.15) is 30.9 Å². The molecule has 3 rings (SSSR count). The highest BCUT2D eigenvalue weighted by Crippen LogP contribution is 2.30. The molecule has 0 bridgehead atoms. The molecule has 1 fully saturated rings. The monoisotopic (exact) mass is 251 g/mol. The van der Waals surface area contributed by atoms with Crippen LogP contribution in [0.4, 0.5) is 0 Å². The number of aromatic nitrogens is 2. The van der Waals surface area contributed by atoms with E-state index in [1.54, 1.807) is 11.3 Å². The van der Waals surface area contributed by atoms with Crippen LogP contribution in [-0.4, -0.2) is 26.7 Å². The third-order valence-electron chi connectivity index (χ3n) is 3.22. The molecule has 5 nitrogen and oxygen atoms in total. The molecule has 2 aromatic rings. The van der Waals surface area contributed by atoms with Crippen LogP contribution in [0.15, 0.2) is 17.8 Å². The Hall–Kier alpha value is -1.40. The molecule has 0 aliphatic carbocycles. The molecule has 2 unspecified atom stereocenters. The van der Waals surface area contributed by atoms with Crippen LogP contribution in [0, 0.1) is 0 Å². The van der Waals surface area contributed by atoms with Gasteiger partial charge in [-0.3, -0.25) is 10.1 Å². The Morgan fingerprint density at radius 3 is 3.29 bits per heavy atom. The van der Waals surface area contributed by atoms with Gasteiger partial charge in [-0.25, -0.2) is 4.52 Å². The first-order valence-electron chi connectivity index (χ1n) is 5.65. The highest BCUT2D eigenvalue weighted by atomic mass is 32.1. The summed E-state index contributed by atoms with van der Waals surface area (Å²) in [6.07, 6.45) is 6.38. The summed E-state index contributed by atoms with van der Waals surface area (Å²) in [6, 6.07) is -0.315. The van der Waals surface area contributed by atoms with Crippen LogP contribution in [-0.2, 0) is 4.79 Å². The minimum Gasteiger partial charge on any atom is -0.480 e. The number of hydrogen-bond acceptors (Lipinski definition) is 4. The van der Waals surface area contributed by atoms with E-state index in [1.807, 2.05) is 22.3 Å². The van der Waals surface area contributed by atoms with Gasteiger partial charge in [0.25, 0.3) is 0 Å². The van der Waals surface area contributed by atoms with Gasteiger partial charge in [0.2, 0.25) is 0 Å². The summed E-state index contributed by atoms with van der Waals surface area (Å²) in [7, 11) is 0. The lowest BCUT2D eigenvalue weighted by Gasteiger charge is -2.27. The Morgan fingerprint density at radius 1 is 1.59 bits per heavy atom. The van der Waals surface area contributed by atoms with E-state index in [0.717, 1.165) is 23.2 Å². The number of carboxylic acids is 1. The molecule has 2 N–H and O–H groups in total. The zero-order chi connectivity index (χ0) is 11.8. The molecule has 1 saturated heterocycles. The van der Waals surface area contributed by atoms with E-state index in [4.69, 9.17) is 5.11 Å². The summed E-state index contributed by atoms with van der Waals surface area (Å²) in [4.78, 5) is 12.1. The molecule has 0 aromatic carbocycles. The van der Waals surface area contributed by atoms with Crippen molar-refractivity contribution in [2.45, 2.75) is 31.3 Å². The molecule has 0 radical (unpaired) electrons. The number of rotatable bonds is 2.